The number of amides is 2. The smallest absolute Gasteiger partial charge is 0.229 e. The van der Waals surface area contributed by atoms with Crippen LogP contribution in [0.5, 0.6) is 0 Å². The van der Waals surface area contributed by atoms with Gasteiger partial charge in [-0.15, -0.1) is 0 Å². The molecule has 1 aliphatic rings. The molecular weight excluding hydrogens is 368 g/mol. The first-order chi connectivity index (χ1) is 11.5. The van der Waals surface area contributed by atoms with E-state index in [4.69, 9.17) is 0 Å². The number of halogens is 1. The highest BCUT2D eigenvalue weighted by molar-refractivity contribution is 9.10. The highest BCUT2D eigenvalue weighted by Gasteiger charge is 2.35. The summed E-state index contributed by atoms with van der Waals surface area (Å²) in [6, 6.07) is 13.5. The molecule has 4 nitrogen and oxygen atoms in total. The Labute approximate surface area is 150 Å². The molecular formula is C19H19BrN2O2. The molecule has 2 amide bonds. The number of benzene rings is 2. The molecule has 5 heteroatoms. The summed E-state index contributed by atoms with van der Waals surface area (Å²) in [6.07, 6.45) is 0.246. The fraction of sp³-hybridized carbons (Fsp3) is 0.263. The van der Waals surface area contributed by atoms with E-state index in [2.05, 4.69) is 21.2 Å². The van der Waals surface area contributed by atoms with Crippen LogP contribution in [-0.4, -0.2) is 18.4 Å². The average Bonchev–Trinajstić information content (AvgIpc) is 2.92. The molecule has 0 unspecified atom stereocenters. The maximum absolute atomic E-state index is 12.6. The van der Waals surface area contributed by atoms with Gasteiger partial charge in [-0.05, 0) is 49.2 Å². The fourth-order valence-corrected chi connectivity index (χ4v) is 3.46. The summed E-state index contributed by atoms with van der Waals surface area (Å²) in [5.41, 5.74) is 3.69. The van der Waals surface area contributed by atoms with Gasteiger partial charge in [-0.3, -0.25) is 9.59 Å². The predicted octanol–water partition coefficient (Wildman–Crippen LogP) is 4.06. The summed E-state index contributed by atoms with van der Waals surface area (Å²) < 4.78 is 0.972. The van der Waals surface area contributed by atoms with Gasteiger partial charge in [-0.1, -0.05) is 34.1 Å². The molecule has 1 saturated heterocycles. The third-order valence-corrected chi connectivity index (χ3v) is 4.84. The number of para-hydroxylation sites is 1. The maximum atomic E-state index is 12.6. The number of nitrogens with one attached hydrogen (secondary N) is 1. The molecule has 3 rings (SSSR count). The van der Waals surface area contributed by atoms with Crippen LogP contribution in [0.1, 0.15) is 17.5 Å². The van der Waals surface area contributed by atoms with E-state index in [-0.39, 0.29) is 24.2 Å². The lowest BCUT2D eigenvalue weighted by atomic mass is 10.1. The van der Waals surface area contributed by atoms with Gasteiger partial charge in [-0.2, -0.15) is 0 Å². The molecule has 0 bridgehead atoms. The van der Waals surface area contributed by atoms with E-state index in [0.717, 1.165) is 27.0 Å². The van der Waals surface area contributed by atoms with E-state index in [1.165, 1.54) is 0 Å². The summed E-state index contributed by atoms with van der Waals surface area (Å²) in [7, 11) is 0. The quantitative estimate of drug-likeness (QED) is 0.864. The van der Waals surface area contributed by atoms with Crippen LogP contribution in [-0.2, 0) is 9.59 Å². The van der Waals surface area contributed by atoms with Crippen molar-refractivity contribution in [1.29, 1.82) is 0 Å². The molecule has 2 aromatic carbocycles. The van der Waals surface area contributed by atoms with Gasteiger partial charge < -0.3 is 10.2 Å². The number of carbonyl (C=O) groups is 2. The van der Waals surface area contributed by atoms with Crippen LogP contribution in [0.2, 0.25) is 0 Å². The standard InChI is InChI=1S/C19H19BrN2O2/c1-12-5-3-4-6-17(12)22-11-14(10-18(22)23)19(24)21-16-8-7-15(20)9-13(16)2/h3-9,14H,10-11H2,1-2H3,(H,21,24)/t14-/m1/s1. The molecule has 0 radical (unpaired) electrons. The lowest BCUT2D eigenvalue weighted by Crippen LogP contribution is -2.28. The second-order valence-electron chi connectivity index (χ2n) is 6.14. The second kappa shape index (κ2) is 6.77. The van der Waals surface area contributed by atoms with Crippen molar-refractivity contribution >= 4 is 39.1 Å². The van der Waals surface area contributed by atoms with Gasteiger partial charge >= 0.3 is 0 Å². The van der Waals surface area contributed by atoms with Gasteiger partial charge in [0, 0.05) is 28.8 Å². The highest BCUT2D eigenvalue weighted by Crippen LogP contribution is 2.29. The summed E-state index contributed by atoms with van der Waals surface area (Å²) in [6.45, 7) is 4.34. The minimum Gasteiger partial charge on any atom is -0.326 e. The van der Waals surface area contributed by atoms with Crippen molar-refractivity contribution in [2.24, 2.45) is 5.92 Å². The van der Waals surface area contributed by atoms with Gasteiger partial charge in [0.15, 0.2) is 0 Å². The number of hydrogen-bond donors (Lipinski definition) is 1. The lowest BCUT2D eigenvalue weighted by Gasteiger charge is -2.19. The van der Waals surface area contributed by atoms with E-state index in [1.807, 2.05) is 56.3 Å². The Morgan fingerprint density at radius 1 is 1.17 bits per heavy atom. The zero-order valence-corrected chi connectivity index (χ0v) is 15.3. The van der Waals surface area contributed by atoms with Gasteiger partial charge in [0.25, 0.3) is 0 Å². The fourth-order valence-electron chi connectivity index (χ4n) is 2.98. The molecule has 0 aromatic heterocycles. The topological polar surface area (TPSA) is 49.4 Å². The Hall–Kier alpha value is -2.14. The Morgan fingerprint density at radius 3 is 2.62 bits per heavy atom. The van der Waals surface area contributed by atoms with Crippen LogP contribution in [0.15, 0.2) is 46.9 Å². The number of nitrogens with zero attached hydrogens (tertiary/aromatic N) is 1. The van der Waals surface area contributed by atoms with E-state index < -0.39 is 0 Å². The van der Waals surface area contributed by atoms with Gasteiger partial charge in [0.05, 0.1) is 5.92 Å². The third-order valence-electron chi connectivity index (χ3n) is 4.35. The molecule has 1 heterocycles. The lowest BCUT2D eigenvalue weighted by molar-refractivity contribution is -0.122. The number of anilines is 2. The van der Waals surface area contributed by atoms with Crippen LogP contribution < -0.4 is 10.2 Å². The summed E-state index contributed by atoms with van der Waals surface area (Å²) in [5, 5.41) is 2.95. The van der Waals surface area contributed by atoms with Crippen molar-refractivity contribution in [3.63, 3.8) is 0 Å². The average molecular weight is 387 g/mol. The number of rotatable bonds is 3. The van der Waals surface area contributed by atoms with Gasteiger partial charge in [0.2, 0.25) is 11.8 Å². The summed E-state index contributed by atoms with van der Waals surface area (Å²) >= 11 is 3.41. The first kappa shape index (κ1) is 16.7. The molecule has 2 aromatic rings. The van der Waals surface area contributed by atoms with Crippen molar-refractivity contribution in [2.75, 3.05) is 16.8 Å². The predicted molar refractivity (Wildman–Crippen MR) is 99.1 cm³/mol. The highest BCUT2D eigenvalue weighted by atomic mass is 79.9. The van der Waals surface area contributed by atoms with Crippen LogP contribution in [0.4, 0.5) is 11.4 Å². The Morgan fingerprint density at radius 2 is 1.92 bits per heavy atom. The first-order valence-corrected chi connectivity index (χ1v) is 8.68. The molecule has 124 valence electrons. The molecule has 1 aliphatic heterocycles. The van der Waals surface area contributed by atoms with Crippen LogP contribution >= 0.6 is 15.9 Å². The summed E-state index contributed by atoms with van der Waals surface area (Å²) in [4.78, 5) is 26.6. The minimum atomic E-state index is -0.333. The molecule has 0 spiro atoms. The van der Waals surface area contributed by atoms with Crippen LogP contribution in [0.25, 0.3) is 0 Å². The zero-order valence-electron chi connectivity index (χ0n) is 13.7. The largest absolute Gasteiger partial charge is 0.326 e. The monoisotopic (exact) mass is 386 g/mol. The van der Waals surface area contributed by atoms with Crippen LogP contribution in [0.3, 0.4) is 0 Å². The van der Waals surface area contributed by atoms with E-state index in [0.29, 0.717) is 6.54 Å². The van der Waals surface area contributed by atoms with Crippen LogP contribution in [0, 0.1) is 19.8 Å². The maximum Gasteiger partial charge on any atom is 0.229 e. The third kappa shape index (κ3) is 3.36. The molecule has 24 heavy (non-hydrogen) atoms. The van der Waals surface area contributed by atoms with E-state index in [1.54, 1.807) is 4.90 Å². The molecule has 1 N–H and O–H groups in total. The number of hydrogen-bond acceptors (Lipinski definition) is 2. The summed E-state index contributed by atoms with van der Waals surface area (Å²) in [5.74, 6) is -0.443. The van der Waals surface area contributed by atoms with Gasteiger partial charge in [-0.25, -0.2) is 0 Å². The minimum absolute atomic E-state index is 0.00280. The molecule has 0 aliphatic carbocycles. The van der Waals surface area contributed by atoms with Gasteiger partial charge in [0.1, 0.15) is 0 Å². The van der Waals surface area contributed by atoms with E-state index in [9.17, 15) is 9.59 Å². The zero-order chi connectivity index (χ0) is 17.3. The molecule has 0 saturated carbocycles. The SMILES string of the molecule is Cc1cc(Br)ccc1NC(=O)[C@@H]1CC(=O)N(c2ccccc2C)C1. The normalized spacial score (nSPS) is 17.2. The van der Waals surface area contributed by atoms with Crippen molar-refractivity contribution in [2.45, 2.75) is 20.3 Å². The van der Waals surface area contributed by atoms with Crippen molar-refractivity contribution < 1.29 is 9.59 Å². The van der Waals surface area contributed by atoms with Crippen molar-refractivity contribution in [1.82, 2.24) is 0 Å². The number of aryl methyl sites for hydroxylation is 2. The Kier molecular flexibility index (Phi) is 4.71. The second-order valence-corrected chi connectivity index (χ2v) is 7.06. The molecule has 1 atom stereocenters. The first-order valence-electron chi connectivity index (χ1n) is 7.88. The Bertz CT molecular complexity index is 804. The number of carbonyl (C=O) groups excluding carboxylic acids is 2. The van der Waals surface area contributed by atoms with E-state index >= 15 is 0 Å². The molecule has 1 fully saturated rings. The Balaban J connectivity index is 1.73. The van der Waals surface area contributed by atoms with Crippen molar-refractivity contribution in [3.8, 4) is 0 Å². The van der Waals surface area contributed by atoms with Crippen molar-refractivity contribution in [3.05, 3.63) is 58.1 Å².